The molecule has 106 valence electrons. The van der Waals surface area contributed by atoms with Gasteiger partial charge in [0.05, 0.1) is 11.3 Å². The van der Waals surface area contributed by atoms with E-state index in [1.165, 1.54) is 6.08 Å². The van der Waals surface area contributed by atoms with Crippen LogP contribution in [0.3, 0.4) is 0 Å². The average molecular weight is 272 g/mol. The van der Waals surface area contributed by atoms with Crippen molar-refractivity contribution in [3.05, 3.63) is 35.4 Å². The van der Waals surface area contributed by atoms with E-state index in [2.05, 4.69) is 24.8 Å². The van der Waals surface area contributed by atoms with Crippen LogP contribution >= 0.6 is 0 Å². The minimum Gasteiger partial charge on any atom is -0.478 e. The average Bonchev–Trinajstić information content (AvgIpc) is 2.44. The van der Waals surface area contributed by atoms with E-state index in [9.17, 15) is 10.1 Å². The van der Waals surface area contributed by atoms with Gasteiger partial charge in [-0.3, -0.25) is 0 Å². The highest BCUT2D eigenvalue weighted by atomic mass is 16.4. The molecule has 0 saturated heterocycles. The number of carbonyl (C=O) groups is 1. The first-order valence-electron chi connectivity index (χ1n) is 6.67. The molecule has 1 aromatic rings. The SMILES string of the molecule is CCCC(C)N(C)c1ccc(/C=C/C(=O)O)cc1C#N. The molecular formula is C16H20N2O2. The zero-order valence-electron chi connectivity index (χ0n) is 12.1. The Labute approximate surface area is 119 Å². The monoisotopic (exact) mass is 272 g/mol. The number of rotatable bonds is 6. The number of hydrogen-bond acceptors (Lipinski definition) is 3. The fourth-order valence-electron chi connectivity index (χ4n) is 2.07. The van der Waals surface area contributed by atoms with Crippen LogP contribution in [0.5, 0.6) is 0 Å². The van der Waals surface area contributed by atoms with E-state index < -0.39 is 5.97 Å². The first-order valence-corrected chi connectivity index (χ1v) is 6.67. The Morgan fingerprint density at radius 2 is 2.25 bits per heavy atom. The van der Waals surface area contributed by atoms with Gasteiger partial charge >= 0.3 is 5.97 Å². The van der Waals surface area contributed by atoms with Gasteiger partial charge in [-0.15, -0.1) is 0 Å². The van der Waals surface area contributed by atoms with Crippen LogP contribution in [0.25, 0.3) is 6.08 Å². The smallest absolute Gasteiger partial charge is 0.328 e. The molecule has 1 unspecified atom stereocenters. The Kier molecular flexibility index (Phi) is 5.79. The molecular weight excluding hydrogens is 252 g/mol. The molecule has 0 fully saturated rings. The van der Waals surface area contributed by atoms with Crippen LogP contribution < -0.4 is 4.90 Å². The van der Waals surface area contributed by atoms with Crippen LogP contribution in [0, 0.1) is 11.3 Å². The Hall–Kier alpha value is -2.28. The molecule has 4 nitrogen and oxygen atoms in total. The molecule has 0 aliphatic rings. The van der Waals surface area contributed by atoms with Crippen molar-refractivity contribution in [3.63, 3.8) is 0 Å². The first kappa shape index (κ1) is 15.8. The van der Waals surface area contributed by atoms with Gasteiger partial charge in [0.15, 0.2) is 0 Å². The van der Waals surface area contributed by atoms with E-state index >= 15 is 0 Å². The molecule has 0 aliphatic carbocycles. The van der Waals surface area contributed by atoms with Gasteiger partial charge in [-0.05, 0) is 37.1 Å². The highest BCUT2D eigenvalue weighted by Gasteiger charge is 2.13. The summed E-state index contributed by atoms with van der Waals surface area (Å²) in [5.74, 6) is -0.999. The molecule has 0 heterocycles. The highest BCUT2D eigenvalue weighted by Crippen LogP contribution is 2.24. The van der Waals surface area contributed by atoms with Gasteiger partial charge in [-0.1, -0.05) is 19.4 Å². The number of nitrogens with zero attached hydrogens (tertiary/aromatic N) is 2. The van der Waals surface area contributed by atoms with Gasteiger partial charge in [0.1, 0.15) is 6.07 Å². The third-order valence-corrected chi connectivity index (χ3v) is 3.31. The summed E-state index contributed by atoms with van der Waals surface area (Å²) in [5.41, 5.74) is 2.15. The molecule has 1 atom stereocenters. The second-order valence-electron chi connectivity index (χ2n) is 4.81. The number of aliphatic carboxylic acids is 1. The Balaban J connectivity index is 3.05. The van der Waals surface area contributed by atoms with Crippen molar-refractivity contribution in [3.8, 4) is 6.07 Å². The van der Waals surface area contributed by atoms with E-state index in [4.69, 9.17) is 5.11 Å². The largest absolute Gasteiger partial charge is 0.478 e. The van der Waals surface area contributed by atoms with Crippen molar-refractivity contribution in [1.29, 1.82) is 5.26 Å². The van der Waals surface area contributed by atoms with E-state index in [0.29, 0.717) is 17.2 Å². The van der Waals surface area contributed by atoms with Crippen LogP contribution in [-0.2, 0) is 4.79 Å². The third-order valence-electron chi connectivity index (χ3n) is 3.31. The molecule has 1 aromatic carbocycles. The predicted molar refractivity (Wildman–Crippen MR) is 80.6 cm³/mol. The number of anilines is 1. The molecule has 0 bridgehead atoms. The lowest BCUT2D eigenvalue weighted by atomic mass is 10.1. The lowest BCUT2D eigenvalue weighted by Crippen LogP contribution is -2.29. The Morgan fingerprint density at radius 3 is 2.80 bits per heavy atom. The summed E-state index contributed by atoms with van der Waals surface area (Å²) in [6, 6.07) is 7.94. The predicted octanol–water partition coefficient (Wildman–Crippen LogP) is 3.28. The van der Waals surface area contributed by atoms with E-state index in [1.54, 1.807) is 6.07 Å². The lowest BCUT2D eigenvalue weighted by molar-refractivity contribution is -0.131. The van der Waals surface area contributed by atoms with Crippen molar-refractivity contribution in [2.75, 3.05) is 11.9 Å². The fourth-order valence-corrected chi connectivity index (χ4v) is 2.07. The molecule has 20 heavy (non-hydrogen) atoms. The van der Waals surface area contributed by atoms with Gasteiger partial charge in [0, 0.05) is 19.2 Å². The molecule has 0 aliphatic heterocycles. The first-order chi connectivity index (χ1) is 9.49. The molecule has 0 aromatic heterocycles. The Morgan fingerprint density at radius 1 is 1.55 bits per heavy atom. The van der Waals surface area contributed by atoms with E-state index in [-0.39, 0.29) is 0 Å². The zero-order valence-corrected chi connectivity index (χ0v) is 12.1. The van der Waals surface area contributed by atoms with Crippen LogP contribution in [-0.4, -0.2) is 24.2 Å². The molecule has 4 heteroatoms. The maximum Gasteiger partial charge on any atom is 0.328 e. The van der Waals surface area contributed by atoms with Crippen LogP contribution in [0.4, 0.5) is 5.69 Å². The summed E-state index contributed by atoms with van der Waals surface area (Å²) in [5, 5.41) is 17.9. The third kappa shape index (κ3) is 4.13. The number of carboxylic acids is 1. The van der Waals surface area contributed by atoms with E-state index in [0.717, 1.165) is 24.6 Å². The van der Waals surface area contributed by atoms with E-state index in [1.807, 2.05) is 19.2 Å². The maximum absolute atomic E-state index is 10.5. The van der Waals surface area contributed by atoms with Gasteiger partial charge < -0.3 is 10.0 Å². The summed E-state index contributed by atoms with van der Waals surface area (Å²) in [6.45, 7) is 4.26. The lowest BCUT2D eigenvalue weighted by Gasteiger charge is -2.27. The molecule has 0 saturated carbocycles. The molecule has 0 amide bonds. The molecule has 0 radical (unpaired) electrons. The van der Waals surface area contributed by atoms with Gasteiger partial charge in [-0.25, -0.2) is 4.79 Å². The number of hydrogen-bond donors (Lipinski definition) is 1. The number of carboxylic acid groups (broad SMARTS) is 1. The Bertz CT molecular complexity index is 544. The minimum atomic E-state index is -0.999. The summed E-state index contributed by atoms with van der Waals surface area (Å²) in [7, 11) is 1.98. The van der Waals surface area contributed by atoms with Crippen molar-refractivity contribution in [1.82, 2.24) is 0 Å². The van der Waals surface area contributed by atoms with Crippen LogP contribution in [0.15, 0.2) is 24.3 Å². The van der Waals surface area contributed by atoms with Gasteiger partial charge in [-0.2, -0.15) is 5.26 Å². The van der Waals surface area contributed by atoms with Crippen molar-refractivity contribution < 1.29 is 9.90 Å². The maximum atomic E-state index is 10.5. The topological polar surface area (TPSA) is 64.3 Å². The van der Waals surface area contributed by atoms with Crippen LogP contribution in [0.2, 0.25) is 0 Å². The number of benzene rings is 1. The van der Waals surface area contributed by atoms with Crippen molar-refractivity contribution >= 4 is 17.7 Å². The summed E-state index contributed by atoms with van der Waals surface area (Å²) >= 11 is 0. The summed E-state index contributed by atoms with van der Waals surface area (Å²) < 4.78 is 0. The van der Waals surface area contributed by atoms with Crippen molar-refractivity contribution in [2.45, 2.75) is 32.7 Å². The standard InChI is InChI=1S/C16H20N2O2/c1-4-5-12(2)18(3)15-8-6-13(7-9-16(19)20)10-14(15)11-17/h6-10,12H,4-5H2,1-3H3,(H,19,20)/b9-7+. The second kappa shape index (κ2) is 7.34. The van der Waals surface area contributed by atoms with Crippen molar-refractivity contribution in [2.24, 2.45) is 0 Å². The normalized spacial score (nSPS) is 12.1. The molecule has 1 N–H and O–H groups in total. The molecule has 0 spiro atoms. The quantitative estimate of drug-likeness (QED) is 0.807. The minimum absolute atomic E-state index is 0.354. The van der Waals surface area contributed by atoms with Gasteiger partial charge in [0.2, 0.25) is 0 Å². The highest BCUT2D eigenvalue weighted by molar-refractivity contribution is 5.85. The second-order valence-corrected chi connectivity index (χ2v) is 4.81. The zero-order chi connectivity index (χ0) is 15.1. The number of nitriles is 1. The van der Waals surface area contributed by atoms with Crippen LogP contribution in [0.1, 0.15) is 37.8 Å². The fraction of sp³-hybridized carbons (Fsp3) is 0.375. The van der Waals surface area contributed by atoms with Gasteiger partial charge in [0.25, 0.3) is 0 Å². The summed E-state index contributed by atoms with van der Waals surface area (Å²) in [6.07, 6.45) is 4.71. The molecule has 1 rings (SSSR count). The summed E-state index contributed by atoms with van der Waals surface area (Å²) in [4.78, 5) is 12.6.